The fourth-order valence-corrected chi connectivity index (χ4v) is 2.72. The van der Waals surface area contributed by atoms with Crippen molar-refractivity contribution in [2.45, 2.75) is 20.0 Å². The van der Waals surface area contributed by atoms with E-state index in [1.165, 1.54) is 23.0 Å². The minimum atomic E-state index is -0.444. The largest absolute Gasteiger partial charge is 0.318 e. The van der Waals surface area contributed by atoms with Crippen molar-refractivity contribution in [2.24, 2.45) is 0 Å². The summed E-state index contributed by atoms with van der Waals surface area (Å²) in [6.07, 6.45) is 4.61. The van der Waals surface area contributed by atoms with Crippen LogP contribution in [0.15, 0.2) is 36.8 Å². The van der Waals surface area contributed by atoms with Crippen LogP contribution in [0, 0.1) is 5.82 Å². The number of carbonyl (C=O) groups is 1. The van der Waals surface area contributed by atoms with Gasteiger partial charge in [0.05, 0.1) is 23.5 Å². The van der Waals surface area contributed by atoms with E-state index in [1.807, 2.05) is 6.92 Å². The summed E-state index contributed by atoms with van der Waals surface area (Å²) in [5, 5.41) is 11.5. The van der Waals surface area contributed by atoms with Crippen molar-refractivity contribution in [3.05, 3.63) is 63.9 Å². The van der Waals surface area contributed by atoms with Crippen LogP contribution in [0.4, 0.5) is 10.1 Å². The first-order valence-electron chi connectivity index (χ1n) is 7.47. The zero-order valence-electron chi connectivity index (χ0n) is 13.2. The van der Waals surface area contributed by atoms with E-state index in [-0.39, 0.29) is 17.3 Å². The van der Waals surface area contributed by atoms with E-state index in [4.69, 9.17) is 23.2 Å². The molecule has 3 rings (SSSR count). The summed E-state index contributed by atoms with van der Waals surface area (Å²) >= 11 is 12.0. The summed E-state index contributed by atoms with van der Waals surface area (Å²) in [5.74, 6) is -0.855. The molecular formula is C16H14Cl2FN5O. The predicted octanol–water partition coefficient (Wildman–Crippen LogP) is 3.85. The lowest BCUT2D eigenvalue weighted by Crippen LogP contribution is -2.13. The molecule has 2 aromatic heterocycles. The van der Waals surface area contributed by atoms with Gasteiger partial charge in [-0.2, -0.15) is 10.2 Å². The lowest BCUT2D eigenvalue weighted by Gasteiger charge is -2.05. The Morgan fingerprint density at radius 1 is 1.24 bits per heavy atom. The van der Waals surface area contributed by atoms with Crippen molar-refractivity contribution in [2.75, 3.05) is 5.32 Å². The standard InChI is InChI=1S/C16H14Cl2FN5O/c1-2-23-9-13(18)15(22-23)16(25)21-10-6-20-24(7-10)8-11-12(17)4-3-5-14(11)19/h3-7,9H,2,8H2,1H3,(H,21,25). The van der Waals surface area contributed by atoms with Crippen LogP contribution < -0.4 is 5.32 Å². The molecule has 130 valence electrons. The monoisotopic (exact) mass is 381 g/mol. The Balaban J connectivity index is 1.73. The van der Waals surface area contributed by atoms with Gasteiger partial charge < -0.3 is 5.32 Å². The second-order valence-electron chi connectivity index (χ2n) is 5.26. The summed E-state index contributed by atoms with van der Waals surface area (Å²) in [6.45, 7) is 2.64. The zero-order chi connectivity index (χ0) is 18.0. The third-order valence-corrected chi connectivity index (χ3v) is 4.16. The first-order chi connectivity index (χ1) is 12.0. The molecule has 0 aliphatic rings. The number of hydrogen-bond acceptors (Lipinski definition) is 3. The predicted molar refractivity (Wildman–Crippen MR) is 93.6 cm³/mol. The molecule has 2 heterocycles. The van der Waals surface area contributed by atoms with Gasteiger partial charge in [0.15, 0.2) is 5.69 Å². The number of amides is 1. The van der Waals surface area contributed by atoms with Crippen LogP contribution in [-0.2, 0) is 13.1 Å². The number of benzene rings is 1. The van der Waals surface area contributed by atoms with Crippen LogP contribution in [0.3, 0.4) is 0 Å². The van der Waals surface area contributed by atoms with Gasteiger partial charge in [-0.25, -0.2) is 4.39 Å². The van der Waals surface area contributed by atoms with E-state index in [1.54, 1.807) is 23.1 Å². The number of aryl methyl sites for hydroxylation is 1. The van der Waals surface area contributed by atoms with Crippen molar-refractivity contribution in [1.29, 1.82) is 0 Å². The van der Waals surface area contributed by atoms with E-state index < -0.39 is 11.7 Å². The first-order valence-corrected chi connectivity index (χ1v) is 8.23. The molecule has 9 heteroatoms. The third kappa shape index (κ3) is 3.83. The Morgan fingerprint density at radius 2 is 2.04 bits per heavy atom. The van der Waals surface area contributed by atoms with Crippen molar-refractivity contribution >= 4 is 34.8 Å². The van der Waals surface area contributed by atoms with Crippen molar-refractivity contribution in [3.8, 4) is 0 Å². The minimum absolute atomic E-state index is 0.133. The summed E-state index contributed by atoms with van der Waals surface area (Å²) in [5.41, 5.74) is 0.905. The molecule has 25 heavy (non-hydrogen) atoms. The van der Waals surface area contributed by atoms with Gasteiger partial charge >= 0.3 is 0 Å². The van der Waals surface area contributed by atoms with Crippen molar-refractivity contribution < 1.29 is 9.18 Å². The number of carbonyl (C=O) groups excluding carboxylic acids is 1. The fraction of sp³-hybridized carbons (Fsp3) is 0.188. The van der Waals surface area contributed by atoms with Gasteiger partial charge in [-0.1, -0.05) is 29.3 Å². The highest BCUT2D eigenvalue weighted by Gasteiger charge is 2.16. The minimum Gasteiger partial charge on any atom is -0.318 e. The molecule has 6 nitrogen and oxygen atoms in total. The summed E-state index contributed by atoms with van der Waals surface area (Å²) in [4.78, 5) is 12.3. The Morgan fingerprint density at radius 3 is 2.72 bits per heavy atom. The Hall–Kier alpha value is -2.38. The van der Waals surface area contributed by atoms with Crippen LogP contribution in [0.1, 0.15) is 23.0 Å². The number of nitrogens with one attached hydrogen (secondary N) is 1. The van der Waals surface area contributed by atoms with Gasteiger partial charge in [-0.05, 0) is 19.1 Å². The lowest BCUT2D eigenvalue weighted by atomic mass is 10.2. The molecule has 0 fully saturated rings. The summed E-state index contributed by atoms with van der Waals surface area (Å²) in [7, 11) is 0. The maximum absolute atomic E-state index is 13.8. The molecule has 0 aliphatic heterocycles. The number of rotatable bonds is 5. The Labute approximate surface area is 153 Å². The fourth-order valence-electron chi connectivity index (χ4n) is 2.26. The maximum atomic E-state index is 13.8. The lowest BCUT2D eigenvalue weighted by molar-refractivity contribution is 0.102. The molecule has 0 saturated heterocycles. The molecule has 0 aliphatic carbocycles. The Bertz CT molecular complexity index is 901. The van der Waals surface area contributed by atoms with Crippen molar-refractivity contribution in [1.82, 2.24) is 19.6 Å². The molecule has 0 bridgehead atoms. The number of aromatic nitrogens is 4. The molecule has 1 N–H and O–H groups in total. The molecule has 3 aromatic rings. The summed E-state index contributed by atoms with van der Waals surface area (Å²) < 4.78 is 16.9. The summed E-state index contributed by atoms with van der Waals surface area (Å²) in [6, 6.07) is 4.48. The quantitative estimate of drug-likeness (QED) is 0.729. The van der Waals surface area contributed by atoms with Crippen LogP contribution in [0.5, 0.6) is 0 Å². The number of nitrogens with zero attached hydrogens (tertiary/aromatic N) is 4. The number of anilines is 1. The normalized spacial score (nSPS) is 10.9. The maximum Gasteiger partial charge on any atom is 0.277 e. The highest BCUT2D eigenvalue weighted by molar-refractivity contribution is 6.34. The third-order valence-electron chi connectivity index (χ3n) is 3.53. The highest BCUT2D eigenvalue weighted by Crippen LogP contribution is 2.21. The molecule has 0 radical (unpaired) electrons. The molecule has 0 unspecified atom stereocenters. The molecule has 0 saturated carbocycles. The Kier molecular flexibility index (Phi) is 5.06. The van der Waals surface area contributed by atoms with E-state index in [2.05, 4.69) is 15.5 Å². The SMILES string of the molecule is CCn1cc(Cl)c(C(=O)Nc2cnn(Cc3c(F)cccc3Cl)c2)n1. The van der Waals surface area contributed by atoms with Gasteiger partial charge in [0, 0.05) is 29.5 Å². The van der Waals surface area contributed by atoms with Gasteiger partial charge in [0.25, 0.3) is 5.91 Å². The van der Waals surface area contributed by atoms with Gasteiger partial charge in [-0.3, -0.25) is 14.2 Å². The zero-order valence-corrected chi connectivity index (χ0v) is 14.7. The number of hydrogen-bond donors (Lipinski definition) is 1. The average molecular weight is 382 g/mol. The van der Waals surface area contributed by atoms with Crippen LogP contribution in [-0.4, -0.2) is 25.5 Å². The van der Waals surface area contributed by atoms with Crippen molar-refractivity contribution in [3.63, 3.8) is 0 Å². The molecular weight excluding hydrogens is 368 g/mol. The van der Waals surface area contributed by atoms with E-state index in [0.717, 1.165) is 0 Å². The topological polar surface area (TPSA) is 64.7 Å². The van der Waals surface area contributed by atoms with Gasteiger partial charge in [0.2, 0.25) is 0 Å². The van der Waals surface area contributed by atoms with E-state index in [9.17, 15) is 9.18 Å². The van der Waals surface area contributed by atoms with E-state index >= 15 is 0 Å². The second kappa shape index (κ2) is 7.25. The first kappa shape index (κ1) is 17.4. The smallest absolute Gasteiger partial charge is 0.277 e. The number of halogens is 3. The van der Waals surface area contributed by atoms with E-state index in [0.29, 0.717) is 22.8 Å². The van der Waals surface area contributed by atoms with Gasteiger partial charge in [-0.15, -0.1) is 0 Å². The van der Waals surface area contributed by atoms with Crippen LogP contribution >= 0.6 is 23.2 Å². The molecule has 0 atom stereocenters. The highest BCUT2D eigenvalue weighted by atomic mass is 35.5. The van der Waals surface area contributed by atoms with Gasteiger partial charge in [0.1, 0.15) is 5.82 Å². The van der Waals surface area contributed by atoms with Crippen LogP contribution in [0.2, 0.25) is 10.0 Å². The molecule has 0 spiro atoms. The molecule has 1 aromatic carbocycles. The van der Waals surface area contributed by atoms with Crippen LogP contribution in [0.25, 0.3) is 0 Å². The average Bonchev–Trinajstić information content (AvgIpc) is 3.17. The second-order valence-corrected chi connectivity index (χ2v) is 6.08. The molecule has 1 amide bonds.